The molecule has 2 heterocycles. The van der Waals surface area contributed by atoms with E-state index in [1.807, 2.05) is 60.7 Å². The largest absolute Gasteiger partial charge is 0.479 e. The number of aliphatic hydroxyl groups excluding tert-OH is 2. The molecule has 0 unspecified atom stereocenters. The van der Waals surface area contributed by atoms with Crippen LogP contribution in [-0.4, -0.2) is 72.3 Å². The Morgan fingerprint density at radius 1 is 1.02 bits per heavy atom. The number of carbonyl (C=O) groups is 2. The molecule has 2 aliphatic carbocycles. The van der Waals surface area contributed by atoms with Crippen molar-refractivity contribution in [2.45, 2.75) is 49.1 Å². The molecule has 0 bridgehead atoms. The number of imidazole rings is 1. The van der Waals surface area contributed by atoms with Gasteiger partial charge in [0, 0.05) is 30.1 Å². The summed E-state index contributed by atoms with van der Waals surface area (Å²) in [6, 6.07) is 20.2. The molecule has 0 aliphatic heterocycles. The average Bonchev–Trinajstić information content (AvgIpc) is 3.66. The lowest BCUT2D eigenvalue weighted by Gasteiger charge is -2.42. The van der Waals surface area contributed by atoms with Crippen molar-refractivity contribution in [2.24, 2.45) is 5.92 Å². The van der Waals surface area contributed by atoms with Gasteiger partial charge < -0.3 is 24.8 Å². The molecule has 11 heteroatoms. The van der Waals surface area contributed by atoms with Crippen LogP contribution in [0.5, 0.6) is 0 Å². The van der Waals surface area contributed by atoms with E-state index in [4.69, 9.17) is 21.1 Å². The van der Waals surface area contributed by atoms with Crippen molar-refractivity contribution in [1.29, 1.82) is 0 Å². The van der Waals surface area contributed by atoms with Crippen LogP contribution < -0.4 is 0 Å². The molecule has 10 nitrogen and oxygen atoms in total. The van der Waals surface area contributed by atoms with Gasteiger partial charge in [-0.25, -0.2) is 19.6 Å². The third-order valence-corrected chi connectivity index (χ3v) is 8.45. The molecular formula is C32H30ClN3O7. The Morgan fingerprint density at radius 3 is 2.53 bits per heavy atom. The molecule has 2 saturated carbocycles. The number of ether oxygens (including phenoxy) is 2. The Morgan fingerprint density at radius 2 is 1.79 bits per heavy atom. The first-order valence-electron chi connectivity index (χ1n) is 14.0. The smallest absolute Gasteiger partial charge is 0.336 e. The highest BCUT2D eigenvalue weighted by Gasteiger charge is 2.53. The number of aliphatic hydroxyl groups is 2. The highest BCUT2D eigenvalue weighted by Crippen LogP contribution is 2.49. The van der Waals surface area contributed by atoms with Crippen molar-refractivity contribution in [3.8, 4) is 0 Å². The Labute approximate surface area is 252 Å². The van der Waals surface area contributed by atoms with Crippen LogP contribution in [0.2, 0.25) is 5.02 Å². The van der Waals surface area contributed by atoms with E-state index in [-0.39, 0.29) is 31.3 Å². The van der Waals surface area contributed by atoms with Gasteiger partial charge in [0.25, 0.3) is 0 Å². The predicted molar refractivity (Wildman–Crippen MR) is 157 cm³/mol. The number of pyridine rings is 1. The van der Waals surface area contributed by atoms with Gasteiger partial charge in [0.15, 0.2) is 11.2 Å². The number of hydrogen-bond acceptors (Lipinski definition) is 8. The second-order valence-corrected chi connectivity index (χ2v) is 11.5. The number of fused-ring (bicyclic) bond motifs is 1. The van der Waals surface area contributed by atoms with Gasteiger partial charge in [-0.05, 0) is 53.6 Å². The number of nitrogens with zero attached hydrogens (tertiary/aromatic N) is 3. The Kier molecular flexibility index (Phi) is 8.02. The summed E-state index contributed by atoms with van der Waals surface area (Å²) in [5.41, 5.74) is 1.53. The normalized spacial score (nSPS) is 27.1. The maximum atomic E-state index is 13.3. The van der Waals surface area contributed by atoms with Crippen molar-refractivity contribution in [2.75, 3.05) is 6.61 Å². The number of carboxylic acids is 1. The zero-order chi connectivity index (χ0) is 30.1. The van der Waals surface area contributed by atoms with Crippen LogP contribution in [0.3, 0.4) is 0 Å². The maximum absolute atomic E-state index is 13.3. The van der Waals surface area contributed by atoms with Gasteiger partial charge in [-0.1, -0.05) is 54.1 Å². The molecule has 0 radical (unpaired) electrons. The molecule has 0 saturated heterocycles. The van der Waals surface area contributed by atoms with Gasteiger partial charge in [0.2, 0.25) is 0 Å². The van der Waals surface area contributed by atoms with Gasteiger partial charge >= 0.3 is 11.9 Å². The SMILES string of the molecule is O=C(/C=C(/c1ccccc1)n1cnc2ncccc21)O[C@@H]1C[C@](OC[C@@H]2C[C@@H]2c2ccc(Cl)cc2)(C(=O)O)C[C@@H](O)[C@H]1O. The molecule has 2 aromatic heterocycles. The fourth-order valence-electron chi connectivity index (χ4n) is 5.76. The molecular weight excluding hydrogens is 574 g/mol. The molecule has 3 N–H and O–H groups in total. The maximum Gasteiger partial charge on any atom is 0.336 e. The van der Waals surface area contributed by atoms with Crippen molar-refractivity contribution in [3.63, 3.8) is 0 Å². The number of esters is 1. The lowest BCUT2D eigenvalue weighted by Crippen LogP contribution is -2.58. The number of rotatable bonds is 9. The summed E-state index contributed by atoms with van der Waals surface area (Å²) in [5.74, 6) is -1.81. The summed E-state index contributed by atoms with van der Waals surface area (Å²) >= 11 is 5.99. The number of benzene rings is 2. The molecule has 6 atom stereocenters. The summed E-state index contributed by atoms with van der Waals surface area (Å²) in [6.07, 6.45) is 0.285. The number of carboxylic acid groups (broad SMARTS) is 1. The average molecular weight is 604 g/mol. The van der Waals surface area contributed by atoms with Crippen LogP contribution in [-0.2, 0) is 19.1 Å². The van der Waals surface area contributed by atoms with Gasteiger partial charge in [0.1, 0.15) is 18.5 Å². The monoisotopic (exact) mass is 603 g/mol. The van der Waals surface area contributed by atoms with Gasteiger partial charge in [-0.3, -0.25) is 4.57 Å². The second kappa shape index (κ2) is 11.9. The number of aliphatic carboxylic acids is 1. The standard InChI is InChI=1S/C32H30ClN3O7/c33-22-10-8-19(9-11-22)23-13-21(23)17-42-32(31(40)41)15-26(37)29(39)27(16-32)43-28(38)14-25(20-5-2-1-3-6-20)36-18-35-30-24(36)7-4-12-34-30/h1-12,14,18,21,23,26-27,29,37,39H,13,15-17H2,(H,40,41)/b25-14-/t21-,23+,26+,27+,29+,32-/m0/s1. The third kappa shape index (κ3) is 6.05. The molecule has 2 aliphatic rings. The van der Waals surface area contributed by atoms with Crippen LogP contribution >= 0.6 is 11.6 Å². The number of aromatic nitrogens is 3. The number of halogens is 1. The number of carbonyl (C=O) groups excluding carboxylic acids is 1. The second-order valence-electron chi connectivity index (χ2n) is 11.1. The summed E-state index contributed by atoms with van der Waals surface area (Å²) < 4.78 is 13.3. The molecule has 222 valence electrons. The highest BCUT2D eigenvalue weighted by molar-refractivity contribution is 6.30. The summed E-state index contributed by atoms with van der Waals surface area (Å²) in [4.78, 5) is 34.4. The van der Waals surface area contributed by atoms with E-state index in [2.05, 4.69) is 9.97 Å². The minimum atomic E-state index is -1.84. The molecule has 43 heavy (non-hydrogen) atoms. The minimum absolute atomic E-state index is 0.0956. The lowest BCUT2D eigenvalue weighted by molar-refractivity contribution is -0.207. The van der Waals surface area contributed by atoms with E-state index in [0.29, 0.717) is 27.4 Å². The fraction of sp³-hybridized carbons (Fsp3) is 0.312. The van der Waals surface area contributed by atoms with Crippen LogP contribution in [0.25, 0.3) is 16.9 Å². The first-order valence-corrected chi connectivity index (χ1v) is 14.4. The molecule has 0 spiro atoms. The van der Waals surface area contributed by atoms with E-state index >= 15 is 0 Å². The minimum Gasteiger partial charge on any atom is -0.479 e. The van der Waals surface area contributed by atoms with E-state index in [9.17, 15) is 24.9 Å². The van der Waals surface area contributed by atoms with E-state index in [0.717, 1.165) is 12.0 Å². The molecule has 4 aromatic rings. The zero-order valence-electron chi connectivity index (χ0n) is 23.0. The topological polar surface area (TPSA) is 144 Å². The van der Waals surface area contributed by atoms with Crippen molar-refractivity contribution >= 4 is 40.4 Å². The molecule has 0 amide bonds. The van der Waals surface area contributed by atoms with Gasteiger partial charge in [0.05, 0.1) is 23.9 Å². The van der Waals surface area contributed by atoms with Gasteiger partial charge in [-0.15, -0.1) is 0 Å². The predicted octanol–water partition coefficient (Wildman–Crippen LogP) is 4.05. The van der Waals surface area contributed by atoms with E-state index in [1.54, 1.807) is 23.2 Å². The number of hydrogen-bond donors (Lipinski definition) is 3. The van der Waals surface area contributed by atoms with Crippen LogP contribution in [0.15, 0.2) is 85.3 Å². The summed E-state index contributed by atoms with van der Waals surface area (Å²) in [7, 11) is 0. The Hall–Kier alpha value is -4.09. The lowest BCUT2D eigenvalue weighted by atomic mass is 9.79. The Balaban J connectivity index is 1.21. The van der Waals surface area contributed by atoms with Crippen LogP contribution in [0.1, 0.15) is 36.3 Å². The van der Waals surface area contributed by atoms with Crippen molar-refractivity contribution in [1.82, 2.24) is 14.5 Å². The van der Waals surface area contributed by atoms with Crippen LogP contribution in [0, 0.1) is 5.92 Å². The molecule has 2 aromatic carbocycles. The highest BCUT2D eigenvalue weighted by atomic mass is 35.5. The first kappa shape index (κ1) is 29.0. The zero-order valence-corrected chi connectivity index (χ0v) is 23.7. The third-order valence-electron chi connectivity index (χ3n) is 8.20. The summed E-state index contributed by atoms with van der Waals surface area (Å²) in [5, 5.41) is 32.3. The first-order chi connectivity index (χ1) is 20.7. The Bertz CT molecular complexity index is 1660. The van der Waals surface area contributed by atoms with Crippen molar-refractivity contribution in [3.05, 3.63) is 101 Å². The van der Waals surface area contributed by atoms with E-state index < -0.39 is 35.9 Å². The quantitative estimate of drug-likeness (QED) is 0.191. The van der Waals surface area contributed by atoms with Crippen LogP contribution in [0.4, 0.5) is 0 Å². The fourth-order valence-corrected chi connectivity index (χ4v) is 5.88. The van der Waals surface area contributed by atoms with E-state index in [1.165, 1.54) is 6.08 Å². The van der Waals surface area contributed by atoms with Gasteiger partial charge in [-0.2, -0.15) is 0 Å². The van der Waals surface area contributed by atoms with Crippen molar-refractivity contribution < 1.29 is 34.4 Å². The summed E-state index contributed by atoms with van der Waals surface area (Å²) in [6.45, 7) is 0.142. The molecule has 2 fully saturated rings. The molecule has 6 rings (SSSR count).